The Kier molecular flexibility index (Phi) is 23.1. The van der Waals surface area contributed by atoms with Crippen LogP contribution in [0.1, 0.15) is 39.5 Å². The second-order valence-electron chi connectivity index (χ2n) is 3.38. The van der Waals surface area contributed by atoms with E-state index in [1.165, 1.54) is 0 Å². The summed E-state index contributed by atoms with van der Waals surface area (Å²) < 4.78 is 9.95. The molecule has 0 aromatic heterocycles. The van der Waals surface area contributed by atoms with E-state index in [4.69, 9.17) is 19.7 Å². The number of aliphatic hydroxyl groups excluding tert-OH is 2. The van der Waals surface area contributed by atoms with E-state index >= 15 is 0 Å². The van der Waals surface area contributed by atoms with E-state index in [0.717, 1.165) is 38.9 Å². The van der Waals surface area contributed by atoms with Crippen LogP contribution in [0, 0.1) is 0 Å². The van der Waals surface area contributed by atoms with Crippen molar-refractivity contribution in [3.8, 4) is 0 Å². The first-order valence-electron chi connectivity index (χ1n) is 6.20. The molecule has 2 N–H and O–H groups in total. The van der Waals surface area contributed by atoms with Gasteiger partial charge in [0.15, 0.2) is 0 Å². The Morgan fingerprint density at radius 3 is 1.31 bits per heavy atom. The van der Waals surface area contributed by atoms with Crippen LogP contribution in [0.4, 0.5) is 0 Å². The summed E-state index contributed by atoms with van der Waals surface area (Å²) in [5.41, 5.74) is 0. The molecule has 0 aromatic carbocycles. The molecule has 4 nitrogen and oxygen atoms in total. The Morgan fingerprint density at radius 1 is 0.688 bits per heavy atom. The summed E-state index contributed by atoms with van der Waals surface area (Å²) in [6.07, 6.45) is 4.51. The van der Waals surface area contributed by atoms with Gasteiger partial charge in [-0.05, 0) is 12.8 Å². The average molecular weight is 236 g/mol. The van der Waals surface area contributed by atoms with Crippen LogP contribution in [-0.4, -0.2) is 49.9 Å². The van der Waals surface area contributed by atoms with Gasteiger partial charge in [0.05, 0.1) is 26.4 Å². The third-order valence-electron chi connectivity index (χ3n) is 1.76. The highest BCUT2D eigenvalue weighted by Crippen LogP contribution is 1.86. The molecule has 16 heavy (non-hydrogen) atoms. The Labute approximate surface area is 99.6 Å². The maximum Gasteiger partial charge on any atom is 0.0697 e. The van der Waals surface area contributed by atoms with Gasteiger partial charge < -0.3 is 19.7 Å². The highest BCUT2D eigenvalue weighted by atomic mass is 16.5. The Morgan fingerprint density at radius 2 is 1.06 bits per heavy atom. The van der Waals surface area contributed by atoms with E-state index in [-0.39, 0.29) is 13.2 Å². The van der Waals surface area contributed by atoms with Gasteiger partial charge in [0, 0.05) is 13.2 Å². The van der Waals surface area contributed by atoms with Gasteiger partial charge in [0.2, 0.25) is 0 Å². The first kappa shape index (κ1) is 18.2. The molecule has 100 valence electrons. The zero-order valence-corrected chi connectivity index (χ0v) is 10.8. The Balaban J connectivity index is 0. The second kappa shape index (κ2) is 20.3. The van der Waals surface area contributed by atoms with E-state index in [1.54, 1.807) is 0 Å². The van der Waals surface area contributed by atoms with E-state index in [0.29, 0.717) is 13.2 Å². The minimum Gasteiger partial charge on any atom is -0.394 e. The summed E-state index contributed by atoms with van der Waals surface area (Å²) in [6.45, 7) is 7.06. The molecule has 0 spiro atoms. The van der Waals surface area contributed by atoms with E-state index in [1.807, 2.05) is 0 Å². The Hall–Kier alpha value is -0.160. The fourth-order valence-corrected chi connectivity index (χ4v) is 0.826. The van der Waals surface area contributed by atoms with Crippen molar-refractivity contribution in [2.75, 3.05) is 39.6 Å². The first-order chi connectivity index (χ1) is 7.83. The lowest BCUT2D eigenvalue weighted by Crippen LogP contribution is -1.99. The predicted octanol–water partition coefficient (Wildman–Crippen LogP) is 1.59. The summed E-state index contributed by atoms with van der Waals surface area (Å²) in [4.78, 5) is 0. The third kappa shape index (κ3) is 23.6. The molecule has 0 aliphatic rings. The quantitative estimate of drug-likeness (QED) is 0.566. The molecule has 0 aliphatic carbocycles. The minimum atomic E-state index is 0.143. The lowest BCUT2D eigenvalue weighted by atomic mass is 10.4. The van der Waals surface area contributed by atoms with Crippen molar-refractivity contribution in [3.05, 3.63) is 0 Å². The SMILES string of the molecule is CCCCOCCO.CCCCOCCO. The molecule has 0 heterocycles. The van der Waals surface area contributed by atoms with Crippen molar-refractivity contribution in [3.63, 3.8) is 0 Å². The molecule has 0 fully saturated rings. The van der Waals surface area contributed by atoms with Crippen LogP contribution >= 0.6 is 0 Å². The van der Waals surface area contributed by atoms with Crippen molar-refractivity contribution in [2.45, 2.75) is 39.5 Å². The molecule has 0 aliphatic heterocycles. The number of hydrogen-bond acceptors (Lipinski definition) is 4. The molecule has 0 atom stereocenters. The first-order valence-corrected chi connectivity index (χ1v) is 6.20. The molecular formula is C12H28O4. The van der Waals surface area contributed by atoms with Crippen LogP contribution < -0.4 is 0 Å². The molecule has 4 heteroatoms. The number of unbranched alkanes of at least 4 members (excludes halogenated alkanes) is 2. The highest BCUT2D eigenvalue weighted by Gasteiger charge is 1.83. The maximum atomic E-state index is 8.24. The standard InChI is InChI=1S/2C6H14O2/c2*1-2-3-5-8-6-4-7/h2*7H,2-6H2,1H3. The normalized spacial score (nSPS) is 9.75. The van der Waals surface area contributed by atoms with Gasteiger partial charge in [-0.15, -0.1) is 0 Å². The van der Waals surface area contributed by atoms with Gasteiger partial charge in [-0.2, -0.15) is 0 Å². The lowest BCUT2D eigenvalue weighted by Gasteiger charge is -1.97. The van der Waals surface area contributed by atoms with Crippen LogP contribution in [0.2, 0.25) is 0 Å². The number of rotatable bonds is 10. The second-order valence-corrected chi connectivity index (χ2v) is 3.38. The molecule has 0 bridgehead atoms. The van der Waals surface area contributed by atoms with Gasteiger partial charge in [0.1, 0.15) is 0 Å². The smallest absolute Gasteiger partial charge is 0.0697 e. The van der Waals surface area contributed by atoms with Crippen LogP contribution in [0.15, 0.2) is 0 Å². The fourth-order valence-electron chi connectivity index (χ4n) is 0.826. The molecule has 0 rings (SSSR count). The summed E-state index contributed by atoms with van der Waals surface area (Å²) >= 11 is 0. The minimum absolute atomic E-state index is 0.143. The number of ether oxygens (including phenoxy) is 2. The van der Waals surface area contributed by atoms with Gasteiger partial charge in [-0.25, -0.2) is 0 Å². The molecule has 0 unspecified atom stereocenters. The lowest BCUT2D eigenvalue weighted by molar-refractivity contribution is 0.0904. The number of aliphatic hydroxyl groups is 2. The molecule has 0 aromatic rings. The zero-order chi connectivity index (χ0) is 12.5. The van der Waals surface area contributed by atoms with E-state index < -0.39 is 0 Å². The van der Waals surface area contributed by atoms with Crippen molar-refractivity contribution in [2.24, 2.45) is 0 Å². The van der Waals surface area contributed by atoms with Gasteiger partial charge in [0.25, 0.3) is 0 Å². The van der Waals surface area contributed by atoms with Crippen LogP contribution in [0.5, 0.6) is 0 Å². The van der Waals surface area contributed by atoms with Gasteiger partial charge in [-0.3, -0.25) is 0 Å². The molecule has 0 saturated carbocycles. The molecular weight excluding hydrogens is 208 g/mol. The van der Waals surface area contributed by atoms with Crippen molar-refractivity contribution in [1.29, 1.82) is 0 Å². The van der Waals surface area contributed by atoms with Crippen molar-refractivity contribution >= 4 is 0 Å². The maximum absolute atomic E-state index is 8.24. The van der Waals surface area contributed by atoms with Gasteiger partial charge in [-0.1, -0.05) is 26.7 Å². The van der Waals surface area contributed by atoms with E-state index in [9.17, 15) is 0 Å². The fraction of sp³-hybridized carbons (Fsp3) is 1.00. The zero-order valence-electron chi connectivity index (χ0n) is 10.8. The molecule has 0 radical (unpaired) electrons. The van der Waals surface area contributed by atoms with Gasteiger partial charge >= 0.3 is 0 Å². The molecule has 0 saturated heterocycles. The summed E-state index contributed by atoms with van der Waals surface area (Å²) in [6, 6.07) is 0. The summed E-state index contributed by atoms with van der Waals surface area (Å²) in [5.74, 6) is 0. The third-order valence-corrected chi connectivity index (χ3v) is 1.76. The predicted molar refractivity (Wildman–Crippen MR) is 65.6 cm³/mol. The van der Waals surface area contributed by atoms with E-state index in [2.05, 4.69) is 13.8 Å². The van der Waals surface area contributed by atoms with Crippen LogP contribution in [0.25, 0.3) is 0 Å². The highest BCUT2D eigenvalue weighted by molar-refractivity contribution is 4.31. The Bertz CT molecular complexity index is 75.0. The van der Waals surface area contributed by atoms with Crippen LogP contribution in [-0.2, 0) is 9.47 Å². The monoisotopic (exact) mass is 236 g/mol. The average Bonchev–Trinajstić information content (AvgIpc) is 2.31. The molecule has 0 amide bonds. The largest absolute Gasteiger partial charge is 0.394 e. The van der Waals surface area contributed by atoms with Crippen molar-refractivity contribution in [1.82, 2.24) is 0 Å². The van der Waals surface area contributed by atoms with Crippen molar-refractivity contribution < 1.29 is 19.7 Å². The topological polar surface area (TPSA) is 58.9 Å². The summed E-state index contributed by atoms with van der Waals surface area (Å²) in [7, 11) is 0. The number of hydrogen-bond donors (Lipinski definition) is 2. The summed E-state index contributed by atoms with van der Waals surface area (Å²) in [5, 5.41) is 16.5. The van der Waals surface area contributed by atoms with Crippen LogP contribution in [0.3, 0.4) is 0 Å².